The number of nitro benzene ring substituents is 1. The minimum absolute atomic E-state index is 0.0703. The average Bonchev–Trinajstić information content (AvgIpc) is 2.48. The zero-order valence-corrected chi connectivity index (χ0v) is 11.3. The summed E-state index contributed by atoms with van der Waals surface area (Å²) in [5, 5.41) is 22.5. The number of nitro groups is 1. The summed E-state index contributed by atoms with van der Waals surface area (Å²) in [6.07, 6.45) is 0. The first kappa shape index (κ1) is 14.6. The van der Waals surface area contributed by atoms with Gasteiger partial charge in [-0.05, 0) is 24.3 Å². The van der Waals surface area contributed by atoms with Gasteiger partial charge in [-0.1, -0.05) is 28.9 Å². The summed E-state index contributed by atoms with van der Waals surface area (Å²) in [5.74, 6) is 0.190. The molecule has 2 aromatic carbocycles. The van der Waals surface area contributed by atoms with Crippen LogP contribution in [0.1, 0.15) is 5.56 Å². The maximum absolute atomic E-state index is 10.9. The third kappa shape index (κ3) is 3.21. The summed E-state index contributed by atoms with van der Waals surface area (Å²) in [6, 6.07) is 10.4. The van der Waals surface area contributed by atoms with Gasteiger partial charge in [0, 0.05) is 11.6 Å². The van der Waals surface area contributed by atoms with Crippen molar-refractivity contribution in [2.75, 3.05) is 0 Å². The van der Waals surface area contributed by atoms with E-state index in [2.05, 4.69) is 5.16 Å². The second-order valence-electron chi connectivity index (χ2n) is 3.96. The van der Waals surface area contributed by atoms with Crippen LogP contribution < -0.4 is 10.5 Å². The van der Waals surface area contributed by atoms with E-state index in [0.717, 1.165) is 0 Å². The fraction of sp³-hybridized carbons (Fsp3) is 0. The molecular weight excluding hydrogens is 298 g/mol. The molecule has 0 spiro atoms. The predicted molar refractivity (Wildman–Crippen MR) is 77.1 cm³/mol. The number of nitrogens with zero attached hydrogens (tertiary/aromatic N) is 2. The Labute approximate surface area is 124 Å². The number of rotatable bonds is 4. The fourth-order valence-electron chi connectivity index (χ4n) is 1.61. The molecule has 0 aliphatic carbocycles. The molecule has 0 aromatic heterocycles. The van der Waals surface area contributed by atoms with E-state index in [0.29, 0.717) is 5.56 Å². The van der Waals surface area contributed by atoms with Crippen molar-refractivity contribution in [2.45, 2.75) is 0 Å². The summed E-state index contributed by atoms with van der Waals surface area (Å²) in [5.41, 5.74) is 5.67. The number of hydrogen-bond acceptors (Lipinski definition) is 5. The largest absolute Gasteiger partial charge is 0.449 e. The van der Waals surface area contributed by atoms with Crippen LogP contribution in [0.4, 0.5) is 5.69 Å². The molecule has 3 N–H and O–H groups in total. The molecule has 7 nitrogen and oxygen atoms in total. The molecule has 0 saturated carbocycles. The summed E-state index contributed by atoms with van der Waals surface area (Å²) in [7, 11) is 0. The second kappa shape index (κ2) is 6.10. The number of oxime groups is 1. The topological polar surface area (TPSA) is 111 Å². The van der Waals surface area contributed by atoms with Crippen molar-refractivity contribution < 1.29 is 14.9 Å². The number of halogens is 1. The molecule has 2 rings (SSSR count). The Morgan fingerprint density at radius 3 is 2.62 bits per heavy atom. The molecule has 0 atom stereocenters. The Morgan fingerprint density at radius 1 is 1.29 bits per heavy atom. The highest BCUT2D eigenvalue weighted by Crippen LogP contribution is 2.34. The van der Waals surface area contributed by atoms with Gasteiger partial charge in [0.05, 0.1) is 9.95 Å². The lowest BCUT2D eigenvalue weighted by Crippen LogP contribution is -2.12. The van der Waals surface area contributed by atoms with Crippen LogP contribution in [0.3, 0.4) is 0 Å². The number of nitrogens with two attached hydrogens (primary N) is 1. The quantitative estimate of drug-likeness (QED) is 0.296. The summed E-state index contributed by atoms with van der Waals surface area (Å²) in [4.78, 5) is 10.4. The van der Waals surface area contributed by atoms with Gasteiger partial charge in [0.1, 0.15) is 5.75 Å². The van der Waals surface area contributed by atoms with Crippen LogP contribution in [-0.4, -0.2) is 16.0 Å². The van der Waals surface area contributed by atoms with Gasteiger partial charge in [-0.2, -0.15) is 0 Å². The van der Waals surface area contributed by atoms with Crippen molar-refractivity contribution in [1.82, 2.24) is 0 Å². The van der Waals surface area contributed by atoms with Crippen LogP contribution in [-0.2, 0) is 0 Å². The van der Waals surface area contributed by atoms with E-state index >= 15 is 0 Å². The van der Waals surface area contributed by atoms with E-state index in [1.54, 1.807) is 6.07 Å². The van der Waals surface area contributed by atoms with Gasteiger partial charge in [-0.3, -0.25) is 10.1 Å². The lowest BCUT2D eigenvalue weighted by Gasteiger charge is -2.09. The molecule has 0 radical (unpaired) electrons. The number of amidine groups is 1. The van der Waals surface area contributed by atoms with Crippen molar-refractivity contribution in [3.63, 3.8) is 0 Å². The first-order valence-electron chi connectivity index (χ1n) is 5.71. The Balaban J connectivity index is 2.35. The van der Waals surface area contributed by atoms with E-state index in [9.17, 15) is 10.1 Å². The van der Waals surface area contributed by atoms with Crippen molar-refractivity contribution >= 4 is 23.1 Å². The zero-order valence-electron chi connectivity index (χ0n) is 10.6. The Kier molecular flexibility index (Phi) is 4.24. The monoisotopic (exact) mass is 307 g/mol. The molecular formula is C13H10ClN3O4. The van der Waals surface area contributed by atoms with Crippen molar-refractivity contribution in [2.24, 2.45) is 10.9 Å². The van der Waals surface area contributed by atoms with Gasteiger partial charge >= 0.3 is 5.69 Å². The van der Waals surface area contributed by atoms with Gasteiger partial charge in [0.2, 0.25) is 5.75 Å². The maximum Gasteiger partial charge on any atom is 0.311 e. The molecule has 0 amide bonds. The van der Waals surface area contributed by atoms with Crippen LogP contribution in [0.2, 0.25) is 5.02 Å². The Hall–Kier alpha value is -2.80. The van der Waals surface area contributed by atoms with Gasteiger partial charge in [-0.25, -0.2) is 0 Å². The second-order valence-corrected chi connectivity index (χ2v) is 4.36. The molecule has 0 saturated heterocycles. The molecule has 2 aromatic rings. The van der Waals surface area contributed by atoms with E-state index < -0.39 is 4.92 Å². The van der Waals surface area contributed by atoms with Crippen molar-refractivity contribution in [1.29, 1.82) is 0 Å². The van der Waals surface area contributed by atoms with Gasteiger partial charge in [-0.15, -0.1) is 0 Å². The lowest BCUT2D eigenvalue weighted by molar-refractivity contribution is -0.385. The SMILES string of the molecule is NC(=NO)c1ccc(Oc2ccccc2[N+](=O)[O-])c(Cl)c1. The normalized spacial score (nSPS) is 11.2. The molecule has 8 heteroatoms. The molecule has 0 heterocycles. The third-order valence-corrected chi connectivity index (χ3v) is 2.91. The molecule has 0 unspecified atom stereocenters. The van der Waals surface area contributed by atoms with E-state index in [1.807, 2.05) is 0 Å². The van der Waals surface area contributed by atoms with Crippen LogP contribution >= 0.6 is 11.6 Å². The molecule has 108 valence electrons. The minimum Gasteiger partial charge on any atom is -0.449 e. The third-order valence-electron chi connectivity index (χ3n) is 2.62. The lowest BCUT2D eigenvalue weighted by atomic mass is 10.2. The van der Waals surface area contributed by atoms with E-state index in [1.165, 1.54) is 36.4 Å². The highest BCUT2D eigenvalue weighted by atomic mass is 35.5. The number of benzene rings is 2. The zero-order chi connectivity index (χ0) is 15.4. The van der Waals surface area contributed by atoms with Crippen molar-refractivity contribution in [3.8, 4) is 11.5 Å². The number of hydrogen-bond donors (Lipinski definition) is 2. The van der Waals surface area contributed by atoms with E-state index in [-0.39, 0.29) is 28.0 Å². The van der Waals surface area contributed by atoms with Crippen molar-refractivity contribution in [3.05, 3.63) is 63.2 Å². The highest BCUT2D eigenvalue weighted by Gasteiger charge is 2.16. The standard InChI is InChI=1S/C13H10ClN3O4/c14-9-7-8(13(15)16-18)5-6-11(9)21-12-4-2-1-3-10(12)17(19)20/h1-7,18H,(H2,15,16). The molecule has 0 fully saturated rings. The minimum atomic E-state index is -0.548. The Morgan fingerprint density at radius 2 is 2.00 bits per heavy atom. The van der Waals surface area contributed by atoms with Crippen LogP contribution in [0.15, 0.2) is 47.6 Å². The maximum atomic E-state index is 10.9. The number of para-hydroxylation sites is 2. The van der Waals surface area contributed by atoms with Crippen LogP contribution in [0, 0.1) is 10.1 Å². The van der Waals surface area contributed by atoms with E-state index in [4.69, 9.17) is 27.3 Å². The Bertz CT molecular complexity index is 718. The summed E-state index contributed by atoms with van der Waals surface area (Å²) >= 11 is 6.03. The van der Waals surface area contributed by atoms with Crippen LogP contribution in [0.5, 0.6) is 11.5 Å². The van der Waals surface area contributed by atoms with Gasteiger partial charge in [0.25, 0.3) is 0 Å². The smallest absolute Gasteiger partial charge is 0.311 e. The fourth-order valence-corrected chi connectivity index (χ4v) is 1.83. The molecule has 0 bridgehead atoms. The molecule has 0 aliphatic rings. The van der Waals surface area contributed by atoms with Gasteiger partial charge in [0.15, 0.2) is 5.84 Å². The highest BCUT2D eigenvalue weighted by molar-refractivity contribution is 6.32. The molecule has 21 heavy (non-hydrogen) atoms. The first-order valence-corrected chi connectivity index (χ1v) is 6.09. The first-order chi connectivity index (χ1) is 10.0. The summed E-state index contributed by atoms with van der Waals surface area (Å²) < 4.78 is 5.45. The summed E-state index contributed by atoms with van der Waals surface area (Å²) in [6.45, 7) is 0. The number of ether oxygens (including phenoxy) is 1. The molecule has 0 aliphatic heterocycles. The average molecular weight is 308 g/mol. The predicted octanol–water partition coefficient (Wildman–Crippen LogP) is 3.14. The van der Waals surface area contributed by atoms with Crippen LogP contribution in [0.25, 0.3) is 0 Å². The van der Waals surface area contributed by atoms with Gasteiger partial charge < -0.3 is 15.7 Å².